The summed E-state index contributed by atoms with van der Waals surface area (Å²) in [7, 11) is -3.51. The highest BCUT2D eigenvalue weighted by atomic mass is 32.2. The van der Waals surface area contributed by atoms with E-state index in [0.717, 1.165) is 5.56 Å². The van der Waals surface area contributed by atoms with Gasteiger partial charge in [0.05, 0.1) is 11.5 Å². The van der Waals surface area contributed by atoms with Crippen molar-refractivity contribution in [1.82, 2.24) is 9.62 Å². The zero-order chi connectivity index (χ0) is 15.5. The summed E-state index contributed by atoms with van der Waals surface area (Å²) >= 11 is 0. The van der Waals surface area contributed by atoms with Gasteiger partial charge in [-0.15, -0.1) is 0 Å². The molecule has 0 spiro atoms. The molecule has 1 aromatic carbocycles. The predicted molar refractivity (Wildman–Crippen MR) is 82.1 cm³/mol. The number of rotatable bonds is 4. The average Bonchev–Trinajstić information content (AvgIpc) is 2.48. The second kappa shape index (κ2) is 6.02. The van der Waals surface area contributed by atoms with Crippen LogP contribution < -0.4 is 10.0 Å². The summed E-state index contributed by atoms with van der Waals surface area (Å²) in [6.07, 6.45) is 0. The Morgan fingerprint density at radius 1 is 1.24 bits per heavy atom. The maximum absolute atomic E-state index is 12.2. The number of nitriles is 1. The number of hydrogen-bond donors (Lipinski definition) is 2. The molecule has 2 rings (SSSR count). The fraction of sp³-hybridized carbons (Fsp3) is 0.500. The molecule has 6 nitrogen and oxygen atoms in total. The van der Waals surface area contributed by atoms with Crippen molar-refractivity contribution in [3.05, 3.63) is 29.8 Å². The van der Waals surface area contributed by atoms with Gasteiger partial charge in [0.1, 0.15) is 0 Å². The third-order valence-electron chi connectivity index (χ3n) is 3.55. The highest BCUT2D eigenvalue weighted by Gasteiger charge is 2.24. The van der Waals surface area contributed by atoms with Gasteiger partial charge in [-0.3, -0.25) is 4.72 Å². The van der Waals surface area contributed by atoms with Gasteiger partial charge in [0, 0.05) is 31.9 Å². The van der Waals surface area contributed by atoms with E-state index in [9.17, 15) is 8.42 Å². The summed E-state index contributed by atoms with van der Waals surface area (Å²) in [5, 5.41) is 12.2. The van der Waals surface area contributed by atoms with Gasteiger partial charge >= 0.3 is 10.2 Å². The van der Waals surface area contributed by atoms with Crippen LogP contribution in [0.25, 0.3) is 0 Å². The Morgan fingerprint density at radius 2 is 1.81 bits per heavy atom. The number of piperazine rings is 1. The van der Waals surface area contributed by atoms with Crippen LogP contribution in [0, 0.1) is 11.3 Å². The molecule has 1 fully saturated rings. The lowest BCUT2D eigenvalue weighted by Crippen LogP contribution is -2.48. The van der Waals surface area contributed by atoms with Crippen molar-refractivity contribution >= 4 is 15.9 Å². The van der Waals surface area contributed by atoms with Gasteiger partial charge in [0.2, 0.25) is 0 Å². The van der Waals surface area contributed by atoms with Crippen molar-refractivity contribution in [3.8, 4) is 6.07 Å². The Labute approximate surface area is 125 Å². The van der Waals surface area contributed by atoms with Gasteiger partial charge in [-0.2, -0.15) is 18.0 Å². The highest BCUT2D eigenvalue weighted by Crippen LogP contribution is 2.24. The Bertz CT molecular complexity index is 626. The van der Waals surface area contributed by atoms with E-state index in [0.29, 0.717) is 31.9 Å². The molecule has 1 heterocycles. The second-order valence-corrected chi connectivity index (χ2v) is 7.24. The predicted octanol–water partition coefficient (Wildman–Crippen LogP) is 1.05. The van der Waals surface area contributed by atoms with Crippen LogP contribution in [-0.2, 0) is 15.6 Å². The second-order valence-electron chi connectivity index (χ2n) is 5.57. The molecule has 1 aliphatic heterocycles. The largest absolute Gasteiger partial charge is 0.314 e. The molecular weight excluding hydrogens is 288 g/mol. The maximum Gasteiger partial charge on any atom is 0.301 e. The summed E-state index contributed by atoms with van der Waals surface area (Å²) in [5.74, 6) is 0. The first-order valence-corrected chi connectivity index (χ1v) is 8.29. The summed E-state index contributed by atoms with van der Waals surface area (Å²) in [4.78, 5) is 0. The van der Waals surface area contributed by atoms with Crippen molar-refractivity contribution in [2.45, 2.75) is 19.3 Å². The first kappa shape index (κ1) is 15.8. The van der Waals surface area contributed by atoms with Crippen LogP contribution >= 0.6 is 0 Å². The van der Waals surface area contributed by atoms with Gasteiger partial charge in [-0.05, 0) is 31.5 Å². The van der Waals surface area contributed by atoms with E-state index >= 15 is 0 Å². The Hall–Kier alpha value is -1.62. The molecule has 0 atom stereocenters. The average molecular weight is 308 g/mol. The van der Waals surface area contributed by atoms with E-state index in [1.54, 1.807) is 24.3 Å². The molecule has 1 saturated heterocycles. The monoisotopic (exact) mass is 308 g/mol. The topological polar surface area (TPSA) is 85.2 Å². The third kappa shape index (κ3) is 3.73. The van der Waals surface area contributed by atoms with Crippen LogP contribution in [-0.4, -0.2) is 38.9 Å². The standard InChI is InChI=1S/C14H20N4O2S/c1-14(2,11-15)12-3-5-13(6-4-12)17-21(19,20)18-9-7-16-8-10-18/h3-6,16-17H,7-10H2,1-2H3. The van der Waals surface area contributed by atoms with E-state index in [1.165, 1.54) is 4.31 Å². The van der Waals surface area contributed by atoms with Crippen LogP contribution in [0.3, 0.4) is 0 Å². The minimum absolute atomic E-state index is 0.467. The van der Waals surface area contributed by atoms with Crippen LogP contribution in [0.5, 0.6) is 0 Å². The van der Waals surface area contributed by atoms with Gasteiger partial charge < -0.3 is 5.32 Å². The molecule has 0 aliphatic carbocycles. The molecule has 0 amide bonds. The molecule has 0 bridgehead atoms. The molecule has 21 heavy (non-hydrogen) atoms. The van der Waals surface area contributed by atoms with E-state index in [1.807, 2.05) is 13.8 Å². The number of nitrogens with one attached hydrogen (secondary N) is 2. The van der Waals surface area contributed by atoms with Gasteiger partial charge in [0.25, 0.3) is 0 Å². The van der Waals surface area contributed by atoms with E-state index in [-0.39, 0.29) is 0 Å². The Balaban J connectivity index is 2.11. The fourth-order valence-corrected chi connectivity index (χ4v) is 3.34. The number of nitrogens with zero attached hydrogens (tertiary/aromatic N) is 2. The van der Waals surface area contributed by atoms with Crippen molar-refractivity contribution in [2.75, 3.05) is 30.9 Å². The normalized spacial score (nSPS) is 17.2. The highest BCUT2D eigenvalue weighted by molar-refractivity contribution is 7.90. The van der Waals surface area contributed by atoms with Crippen LogP contribution in [0.15, 0.2) is 24.3 Å². The van der Waals surface area contributed by atoms with E-state index in [2.05, 4.69) is 16.1 Å². The minimum atomic E-state index is -3.51. The smallest absolute Gasteiger partial charge is 0.301 e. The van der Waals surface area contributed by atoms with Gasteiger partial charge in [-0.1, -0.05) is 12.1 Å². The lowest BCUT2D eigenvalue weighted by molar-refractivity contribution is 0.362. The quantitative estimate of drug-likeness (QED) is 0.870. The molecule has 114 valence electrons. The zero-order valence-corrected chi connectivity index (χ0v) is 13.1. The number of benzene rings is 1. The molecule has 0 unspecified atom stereocenters. The summed E-state index contributed by atoms with van der Waals surface area (Å²) in [5.41, 5.74) is 0.775. The first-order valence-electron chi connectivity index (χ1n) is 6.85. The molecule has 0 radical (unpaired) electrons. The van der Waals surface area contributed by atoms with Gasteiger partial charge in [0.15, 0.2) is 0 Å². The van der Waals surface area contributed by atoms with E-state index < -0.39 is 15.6 Å². The maximum atomic E-state index is 12.2. The summed E-state index contributed by atoms with van der Waals surface area (Å²) in [6.45, 7) is 5.91. The third-order valence-corrected chi connectivity index (χ3v) is 5.09. The number of hydrogen-bond acceptors (Lipinski definition) is 4. The van der Waals surface area contributed by atoms with Crippen LogP contribution in [0.1, 0.15) is 19.4 Å². The fourth-order valence-electron chi connectivity index (χ4n) is 2.12. The minimum Gasteiger partial charge on any atom is -0.314 e. The zero-order valence-electron chi connectivity index (χ0n) is 12.3. The van der Waals surface area contributed by atoms with Crippen molar-refractivity contribution in [2.24, 2.45) is 0 Å². The molecule has 2 N–H and O–H groups in total. The molecule has 1 aromatic rings. The van der Waals surface area contributed by atoms with Crippen LogP contribution in [0.2, 0.25) is 0 Å². The summed E-state index contributed by atoms with van der Waals surface area (Å²) in [6, 6.07) is 9.15. The van der Waals surface area contributed by atoms with Crippen molar-refractivity contribution in [1.29, 1.82) is 5.26 Å². The number of anilines is 1. The Morgan fingerprint density at radius 3 is 2.33 bits per heavy atom. The SMILES string of the molecule is CC(C)(C#N)c1ccc(NS(=O)(=O)N2CCNCC2)cc1. The first-order chi connectivity index (χ1) is 9.85. The van der Waals surface area contributed by atoms with Crippen LogP contribution in [0.4, 0.5) is 5.69 Å². The Kier molecular flexibility index (Phi) is 4.52. The lowest BCUT2D eigenvalue weighted by atomic mass is 9.86. The molecule has 0 saturated carbocycles. The van der Waals surface area contributed by atoms with Gasteiger partial charge in [-0.25, -0.2) is 0 Å². The molecule has 1 aliphatic rings. The van der Waals surface area contributed by atoms with Crippen molar-refractivity contribution < 1.29 is 8.42 Å². The molecule has 7 heteroatoms. The molecule has 0 aromatic heterocycles. The lowest BCUT2D eigenvalue weighted by Gasteiger charge is -2.27. The van der Waals surface area contributed by atoms with Crippen molar-refractivity contribution in [3.63, 3.8) is 0 Å². The summed E-state index contributed by atoms with van der Waals surface area (Å²) < 4.78 is 28.5. The molecular formula is C14H20N4O2S. The van der Waals surface area contributed by atoms with E-state index in [4.69, 9.17) is 5.26 Å².